The molecule has 2 aromatic carbocycles. The van der Waals surface area contributed by atoms with Crippen LogP contribution in [0.25, 0.3) is 0 Å². The van der Waals surface area contributed by atoms with Gasteiger partial charge in [-0.3, -0.25) is 0 Å². The lowest BCUT2D eigenvalue weighted by molar-refractivity contribution is 0.00578. The Balaban J connectivity index is 1.64. The molecule has 28 heavy (non-hydrogen) atoms. The highest BCUT2D eigenvalue weighted by atomic mass is 16.7. The van der Waals surface area contributed by atoms with Gasteiger partial charge in [-0.1, -0.05) is 60.7 Å². The van der Waals surface area contributed by atoms with Crippen LogP contribution in [-0.2, 0) is 27.1 Å². The SMILES string of the molecule is CC1(C)OB([C@H](/C=C/OCc2ccccc2)CCc2ccccc2)OC1(C)C. The molecule has 1 aliphatic rings. The zero-order valence-corrected chi connectivity index (χ0v) is 17.4. The molecule has 1 heterocycles. The zero-order chi connectivity index (χ0) is 20.0. The van der Waals surface area contributed by atoms with Gasteiger partial charge >= 0.3 is 7.12 Å². The number of rotatable bonds is 8. The second-order valence-corrected chi connectivity index (χ2v) is 8.44. The van der Waals surface area contributed by atoms with Gasteiger partial charge in [-0.05, 0) is 57.7 Å². The summed E-state index contributed by atoms with van der Waals surface area (Å²) in [5.41, 5.74) is 1.81. The number of hydrogen-bond acceptors (Lipinski definition) is 3. The average molecular weight is 378 g/mol. The van der Waals surface area contributed by atoms with Gasteiger partial charge in [0.2, 0.25) is 0 Å². The lowest BCUT2D eigenvalue weighted by Crippen LogP contribution is -2.41. The Morgan fingerprint density at radius 2 is 1.39 bits per heavy atom. The highest BCUT2D eigenvalue weighted by Gasteiger charge is 2.53. The van der Waals surface area contributed by atoms with Crippen LogP contribution in [-0.4, -0.2) is 18.3 Å². The van der Waals surface area contributed by atoms with Gasteiger partial charge in [-0.25, -0.2) is 0 Å². The van der Waals surface area contributed by atoms with E-state index in [0.717, 1.165) is 18.4 Å². The molecule has 0 spiro atoms. The van der Waals surface area contributed by atoms with E-state index in [2.05, 4.69) is 70.2 Å². The van der Waals surface area contributed by atoms with Crippen LogP contribution < -0.4 is 0 Å². The van der Waals surface area contributed by atoms with E-state index in [-0.39, 0.29) is 24.1 Å². The first-order chi connectivity index (χ1) is 13.4. The third-order valence-corrected chi connectivity index (χ3v) is 5.75. The molecule has 1 fully saturated rings. The van der Waals surface area contributed by atoms with Crippen molar-refractivity contribution in [1.29, 1.82) is 0 Å². The fraction of sp³-hybridized carbons (Fsp3) is 0.417. The van der Waals surface area contributed by atoms with Crippen molar-refractivity contribution in [2.24, 2.45) is 0 Å². The van der Waals surface area contributed by atoms with Crippen molar-refractivity contribution in [1.82, 2.24) is 0 Å². The van der Waals surface area contributed by atoms with Crippen LogP contribution in [0.5, 0.6) is 0 Å². The molecule has 4 heteroatoms. The van der Waals surface area contributed by atoms with Gasteiger partial charge in [0, 0.05) is 5.82 Å². The number of hydrogen-bond donors (Lipinski definition) is 0. The molecule has 3 rings (SSSR count). The molecule has 0 aromatic heterocycles. The molecule has 0 N–H and O–H groups in total. The summed E-state index contributed by atoms with van der Waals surface area (Å²) in [5.74, 6) is 0.122. The quantitative estimate of drug-likeness (QED) is 0.428. The van der Waals surface area contributed by atoms with Gasteiger partial charge in [-0.15, -0.1) is 0 Å². The van der Waals surface area contributed by atoms with Crippen LogP contribution in [0.1, 0.15) is 45.2 Å². The average Bonchev–Trinajstić information content (AvgIpc) is 2.90. The van der Waals surface area contributed by atoms with Crippen molar-refractivity contribution in [2.45, 2.75) is 64.2 Å². The molecule has 0 radical (unpaired) electrons. The molecule has 1 aliphatic heterocycles. The van der Waals surface area contributed by atoms with E-state index < -0.39 is 0 Å². The van der Waals surface area contributed by atoms with Gasteiger partial charge < -0.3 is 14.0 Å². The van der Waals surface area contributed by atoms with E-state index in [4.69, 9.17) is 14.0 Å². The first-order valence-corrected chi connectivity index (χ1v) is 10.1. The maximum Gasteiger partial charge on any atom is 0.465 e. The minimum atomic E-state index is -0.332. The molecule has 148 valence electrons. The Labute approximate surface area is 169 Å². The summed E-state index contributed by atoms with van der Waals surface area (Å²) in [6.07, 6.45) is 5.80. The lowest BCUT2D eigenvalue weighted by Gasteiger charge is -2.32. The van der Waals surface area contributed by atoms with E-state index in [0.29, 0.717) is 6.61 Å². The standard InChI is InChI=1S/C24H31BO3/c1-23(2)24(3,4)28-25(27-23)22(16-15-20-11-7-5-8-12-20)17-18-26-19-21-13-9-6-10-14-21/h5-14,17-18,22H,15-16,19H2,1-4H3/b18-17+/t22-/m0/s1. The molecule has 0 saturated carbocycles. The van der Waals surface area contributed by atoms with Crippen LogP contribution in [0.3, 0.4) is 0 Å². The Kier molecular flexibility index (Phi) is 6.63. The normalized spacial score (nSPS) is 19.1. The molecular formula is C24H31BO3. The van der Waals surface area contributed by atoms with Crippen LogP contribution >= 0.6 is 0 Å². The first-order valence-electron chi connectivity index (χ1n) is 10.1. The minimum absolute atomic E-state index is 0.122. The van der Waals surface area contributed by atoms with Gasteiger partial charge in [0.05, 0.1) is 17.5 Å². The molecule has 0 aliphatic carbocycles. The number of ether oxygens (including phenoxy) is 1. The molecule has 1 atom stereocenters. The summed E-state index contributed by atoms with van der Waals surface area (Å²) in [7, 11) is -0.273. The maximum atomic E-state index is 6.30. The third-order valence-electron chi connectivity index (χ3n) is 5.75. The van der Waals surface area contributed by atoms with Gasteiger partial charge in [0.15, 0.2) is 0 Å². The van der Waals surface area contributed by atoms with Gasteiger partial charge in [0.25, 0.3) is 0 Å². The summed E-state index contributed by atoms with van der Waals surface area (Å²) >= 11 is 0. The fourth-order valence-corrected chi connectivity index (χ4v) is 3.24. The molecule has 2 aromatic rings. The predicted molar refractivity (Wildman–Crippen MR) is 115 cm³/mol. The Bertz CT molecular complexity index is 740. The van der Waals surface area contributed by atoms with Gasteiger partial charge in [-0.2, -0.15) is 0 Å². The van der Waals surface area contributed by atoms with Crippen LogP contribution in [0.2, 0.25) is 5.82 Å². The second kappa shape index (κ2) is 8.98. The predicted octanol–water partition coefficient (Wildman–Crippen LogP) is 5.81. The largest absolute Gasteiger partial charge is 0.497 e. The van der Waals surface area contributed by atoms with E-state index in [1.54, 1.807) is 6.26 Å². The van der Waals surface area contributed by atoms with E-state index in [1.165, 1.54) is 5.56 Å². The number of benzene rings is 2. The third kappa shape index (κ3) is 5.27. The summed E-state index contributed by atoms with van der Waals surface area (Å²) in [4.78, 5) is 0. The van der Waals surface area contributed by atoms with E-state index >= 15 is 0 Å². The van der Waals surface area contributed by atoms with Crippen molar-refractivity contribution in [3.8, 4) is 0 Å². The molecule has 3 nitrogen and oxygen atoms in total. The number of aryl methyl sites for hydroxylation is 1. The summed E-state index contributed by atoms with van der Waals surface area (Å²) in [5, 5.41) is 0. The fourth-order valence-electron chi connectivity index (χ4n) is 3.24. The smallest absolute Gasteiger partial charge is 0.465 e. The van der Waals surface area contributed by atoms with Crippen LogP contribution in [0, 0.1) is 0 Å². The summed E-state index contributed by atoms with van der Waals surface area (Å²) in [6.45, 7) is 8.94. The highest BCUT2D eigenvalue weighted by molar-refractivity contribution is 6.48. The van der Waals surface area contributed by atoms with Crippen molar-refractivity contribution in [2.75, 3.05) is 0 Å². The molecular weight excluding hydrogens is 347 g/mol. The minimum Gasteiger partial charge on any atom is -0.497 e. The van der Waals surface area contributed by atoms with E-state index in [9.17, 15) is 0 Å². The maximum absolute atomic E-state index is 6.30. The Hall–Kier alpha value is -2.04. The second-order valence-electron chi connectivity index (χ2n) is 8.44. The van der Waals surface area contributed by atoms with E-state index in [1.807, 2.05) is 24.3 Å². The van der Waals surface area contributed by atoms with Crippen LogP contribution in [0.4, 0.5) is 0 Å². The summed E-state index contributed by atoms with van der Waals surface area (Å²) in [6, 6.07) is 20.7. The topological polar surface area (TPSA) is 27.7 Å². The van der Waals surface area contributed by atoms with Crippen LogP contribution in [0.15, 0.2) is 73.0 Å². The first kappa shape index (κ1) is 20.7. The van der Waals surface area contributed by atoms with Crippen molar-refractivity contribution >= 4 is 7.12 Å². The number of allylic oxidation sites excluding steroid dienone is 1. The Morgan fingerprint density at radius 3 is 1.96 bits per heavy atom. The highest BCUT2D eigenvalue weighted by Crippen LogP contribution is 2.41. The molecule has 0 bridgehead atoms. The van der Waals surface area contributed by atoms with Gasteiger partial charge in [0.1, 0.15) is 6.61 Å². The molecule has 0 unspecified atom stereocenters. The monoisotopic (exact) mass is 378 g/mol. The summed E-state index contributed by atoms with van der Waals surface area (Å²) < 4.78 is 18.4. The molecule has 1 saturated heterocycles. The van der Waals surface area contributed by atoms with Crippen molar-refractivity contribution in [3.05, 3.63) is 84.1 Å². The lowest BCUT2D eigenvalue weighted by atomic mass is 9.69. The molecule has 0 amide bonds. The van der Waals surface area contributed by atoms with Crippen molar-refractivity contribution in [3.63, 3.8) is 0 Å². The zero-order valence-electron chi connectivity index (χ0n) is 17.4. The van der Waals surface area contributed by atoms with Crippen molar-refractivity contribution < 1.29 is 14.0 Å². The Morgan fingerprint density at radius 1 is 0.857 bits per heavy atom.